The van der Waals surface area contributed by atoms with E-state index in [-0.39, 0.29) is 26.1 Å². The van der Waals surface area contributed by atoms with Gasteiger partial charge in [0.1, 0.15) is 13.2 Å². The minimum Gasteiger partial charge on any atom is -0.462 e. The molecule has 0 aliphatic heterocycles. The summed E-state index contributed by atoms with van der Waals surface area (Å²) >= 11 is 0. The maximum absolute atomic E-state index is 11.9. The highest BCUT2D eigenvalue weighted by Crippen LogP contribution is 2.42. The van der Waals surface area contributed by atoms with Gasteiger partial charge in [0.15, 0.2) is 6.10 Å². The van der Waals surface area contributed by atoms with E-state index in [0.717, 1.165) is 19.3 Å². The van der Waals surface area contributed by atoms with Crippen molar-refractivity contribution in [2.75, 3.05) is 26.4 Å². The number of phosphoric acid groups is 1. The average Bonchev–Trinajstić information content (AvgIpc) is 2.70. The summed E-state index contributed by atoms with van der Waals surface area (Å²) in [5.74, 6) is -0.955. The zero-order valence-electron chi connectivity index (χ0n) is 18.4. The Morgan fingerprint density at radius 2 is 1.60 bits per heavy atom. The zero-order chi connectivity index (χ0) is 22.7. The first kappa shape index (κ1) is 29.0. The summed E-state index contributed by atoms with van der Waals surface area (Å²) in [4.78, 5) is 33.2. The summed E-state index contributed by atoms with van der Waals surface area (Å²) in [5, 5.41) is 0. The number of unbranched alkanes of at least 4 members (excludes halogenated alkanes) is 7. The minimum absolute atomic E-state index is 0.0483. The van der Waals surface area contributed by atoms with Gasteiger partial charge in [-0.3, -0.25) is 18.6 Å². The Balaban J connectivity index is 4.24. The summed E-state index contributed by atoms with van der Waals surface area (Å²) in [6.07, 6.45) is 8.64. The third-order valence-electron chi connectivity index (χ3n) is 4.17. The summed E-state index contributed by atoms with van der Waals surface area (Å²) < 4.78 is 31.6. The molecule has 0 aromatic rings. The fourth-order valence-corrected chi connectivity index (χ4v) is 3.35. The Hall–Kier alpha value is -0.990. The fraction of sp³-hybridized carbons (Fsp3) is 0.850. The van der Waals surface area contributed by atoms with Gasteiger partial charge in [-0.1, -0.05) is 51.9 Å². The largest absolute Gasteiger partial charge is 0.472 e. The molecule has 0 saturated carbocycles. The summed E-state index contributed by atoms with van der Waals surface area (Å²) in [7, 11) is -4.29. The van der Waals surface area contributed by atoms with Gasteiger partial charge in [-0.25, -0.2) is 4.57 Å². The molecule has 0 aromatic heterocycles. The van der Waals surface area contributed by atoms with Crippen LogP contribution in [0.15, 0.2) is 0 Å². The Kier molecular flexibility index (Phi) is 18.1. The quantitative estimate of drug-likeness (QED) is 0.124. The number of carbonyl (C=O) groups excluding carboxylic acids is 2. The highest BCUT2D eigenvalue weighted by atomic mass is 31.2. The van der Waals surface area contributed by atoms with Gasteiger partial charge in [0, 0.05) is 12.8 Å². The first-order valence-electron chi connectivity index (χ1n) is 10.9. The fourth-order valence-electron chi connectivity index (χ4n) is 2.56. The van der Waals surface area contributed by atoms with Gasteiger partial charge >= 0.3 is 19.8 Å². The van der Waals surface area contributed by atoms with Gasteiger partial charge in [0.2, 0.25) is 0 Å². The van der Waals surface area contributed by atoms with Gasteiger partial charge < -0.3 is 27.0 Å². The molecule has 0 heterocycles. The smallest absolute Gasteiger partial charge is 0.462 e. The lowest BCUT2D eigenvalue weighted by molar-refractivity contribution is -0.371. The number of hydrogen-bond donors (Lipinski definition) is 2. The van der Waals surface area contributed by atoms with Crippen LogP contribution in [0.25, 0.3) is 0 Å². The Morgan fingerprint density at radius 3 is 2.20 bits per heavy atom. The lowest BCUT2D eigenvalue weighted by Gasteiger charge is -2.19. The molecule has 0 saturated heterocycles. The molecule has 0 amide bonds. The zero-order valence-corrected chi connectivity index (χ0v) is 19.2. The van der Waals surface area contributed by atoms with Gasteiger partial charge in [-0.15, -0.1) is 0 Å². The third-order valence-corrected chi connectivity index (χ3v) is 5.15. The monoisotopic (exact) mass is 453 g/mol. The Bertz CT molecular complexity index is 503. The van der Waals surface area contributed by atoms with Crippen LogP contribution in [0.2, 0.25) is 0 Å². The number of phosphoric ester groups is 1. The van der Waals surface area contributed by atoms with Gasteiger partial charge in [0.05, 0.1) is 13.2 Å². The van der Waals surface area contributed by atoms with Crippen LogP contribution in [0.1, 0.15) is 77.6 Å². The van der Waals surface area contributed by atoms with Crippen molar-refractivity contribution >= 4 is 19.8 Å². The molecule has 10 heteroatoms. The van der Waals surface area contributed by atoms with E-state index in [1.54, 1.807) is 0 Å². The van der Waals surface area contributed by atoms with E-state index in [1.165, 1.54) is 32.1 Å². The Morgan fingerprint density at radius 1 is 0.967 bits per heavy atom. The van der Waals surface area contributed by atoms with E-state index in [1.807, 2.05) is 0 Å². The first-order valence-corrected chi connectivity index (χ1v) is 12.4. The predicted octanol–water partition coefficient (Wildman–Crippen LogP) is 2.96. The van der Waals surface area contributed by atoms with Gasteiger partial charge in [-0.2, -0.15) is 6.42 Å². The van der Waals surface area contributed by atoms with Crippen molar-refractivity contribution in [2.24, 2.45) is 0 Å². The number of esters is 2. The van der Waals surface area contributed by atoms with Crippen molar-refractivity contribution in [1.82, 2.24) is 0 Å². The number of ether oxygens (including phenoxy) is 2. The van der Waals surface area contributed by atoms with Crippen LogP contribution in [0, 0.1) is 6.92 Å². The van der Waals surface area contributed by atoms with Crippen molar-refractivity contribution in [3.8, 4) is 0 Å². The van der Waals surface area contributed by atoms with Crippen LogP contribution < -0.4 is 5.73 Å². The molecular formula is C20H40NO8P. The lowest BCUT2D eigenvalue weighted by atomic mass is 10.1. The van der Waals surface area contributed by atoms with Gasteiger partial charge in [0.25, 0.3) is 0 Å². The second kappa shape index (κ2) is 18.8. The lowest BCUT2D eigenvalue weighted by Crippen LogP contribution is -2.52. The van der Waals surface area contributed by atoms with E-state index in [0.29, 0.717) is 13.0 Å². The second-order valence-electron chi connectivity index (χ2n) is 7.07. The molecule has 0 bridgehead atoms. The molecule has 0 aliphatic rings. The van der Waals surface area contributed by atoms with E-state index in [2.05, 4.69) is 24.1 Å². The molecule has 0 spiro atoms. The molecule has 1 unspecified atom stereocenters. The van der Waals surface area contributed by atoms with Crippen molar-refractivity contribution in [3.05, 3.63) is 6.92 Å². The molecule has 0 rings (SSSR count). The number of carbonyl (C=O) groups is 2. The van der Waals surface area contributed by atoms with Crippen LogP contribution in [0.3, 0.4) is 0 Å². The third kappa shape index (κ3) is 17.8. The average molecular weight is 454 g/mol. The summed E-state index contributed by atoms with van der Waals surface area (Å²) in [5.41, 5.74) is 3.50. The number of hydrogen-bond acceptors (Lipinski definition) is 7. The molecule has 2 atom stereocenters. The topological polar surface area (TPSA) is 136 Å². The summed E-state index contributed by atoms with van der Waals surface area (Å²) in [6.45, 7) is 5.31. The maximum atomic E-state index is 11.9. The van der Waals surface area contributed by atoms with E-state index < -0.39 is 32.5 Å². The number of quaternary nitrogens is 1. The molecule has 30 heavy (non-hydrogen) atoms. The maximum Gasteiger partial charge on any atom is 0.472 e. The molecule has 0 radical (unpaired) electrons. The predicted molar refractivity (Wildman–Crippen MR) is 112 cm³/mol. The number of rotatable bonds is 20. The van der Waals surface area contributed by atoms with Crippen LogP contribution >= 0.6 is 7.82 Å². The molecule has 9 nitrogen and oxygen atoms in total. The minimum atomic E-state index is -4.29. The SMILES string of the molecule is [CH2-]CCC(=O)O[C@@H](COC(=O)CCCCCCCCCC)COP(=O)(O)OCC[NH3+]. The molecule has 4 N–H and O–H groups in total. The highest BCUT2D eigenvalue weighted by molar-refractivity contribution is 7.47. The van der Waals surface area contributed by atoms with Crippen LogP contribution in [0.4, 0.5) is 0 Å². The first-order chi connectivity index (χ1) is 14.3. The van der Waals surface area contributed by atoms with E-state index in [9.17, 15) is 19.0 Å². The Labute approximate surface area is 180 Å². The normalized spacial score (nSPS) is 14.1. The van der Waals surface area contributed by atoms with Gasteiger partial charge in [-0.05, 0) is 6.42 Å². The van der Waals surface area contributed by atoms with Crippen molar-refractivity contribution in [3.63, 3.8) is 0 Å². The van der Waals surface area contributed by atoms with Crippen LogP contribution in [-0.4, -0.2) is 49.3 Å². The molecule has 0 aliphatic carbocycles. The van der Waals surface area contributed by atoms with Crippen molar-refractivity contribution in [2.45, 2.75) is 83.7 Å². The van der Waals surface area contributed by atoms with Crippen molar-refractivity contribution < 1.29 is 43.3 Å². The molecular weight excluding hydrogens is 413 g/mol. The second-order valence-corrected chi connectivity index (χ2v) is 8.53. The van der Waals surface area contributed by atoms with Crippen LogP contribution in [0.5, 0.6) is 0 Å². The molecule has 178 valence electrons. The molecule has 0 aromatic carbocycles. The van der Waals surface area contributed by atoms with E-state index in [4.69, 9.17) is 14.0 Å². The highest BCUT2D eigenvalue weighted by Gasteiger charge is 2.25. The standard InChI is InChI=1S/C20H39NO8P/c1-3-5-6-7-8-9-10-11-13-19(22)26-16-18(29-20(23)12-4-2)17-28-30(24,25)27-15-14-21/h18H,2-17,21H2,1H3,(H,24,25)/q-1/p+1/t18-/m0/s1. The van der Waals surface area contributed by atoms with Crippen molar-refractivity contribution in [1.29, 1.82) is 0 Å². The molecule has 0 fully saturated rings. The van der Waals surface area contributed by atoms with Crippen LogP contribution in [-0.2, 0) is 32.7 Å². The van der Waals surface area contributed by atoms with E-state index >= 15 is 0 Å². The summed E-state index contributed by atoms with van der Waals surface area (Å²) in [6, 6.07) is 0.